The molecule has 1 atom stereocenters. The molecule has 0 aliphatic heterocycles. The van der Waals surface area contributed by atoms with Gasteiger partial charge in [-0.25, -0.2) is 4.68 Å². The molecule has 7 heteroatoms. The molecule has 0 saturated carbocycles. The molecule has 0 aliphatic carbocycles. The molecule has 128 valence electrons. The summed E-state index contributed by atoms with van der Waals surface area (Å²) in [5.74, 6) is -0.0127. The van der Waals surface area contributed by atoms with Crippen molar-refractivity contribution in [3.63, 3.8) is 0 Å². The number of para-hydroxylation sites is 1. The zero-order chi connectivity index (χ0) is 17.6. The zero-order valence-corrected chi connectivity index (χ0v) is 16.0. The van der Waals surface area contributed by atoms with Gasteiger partial charge in [-0.2, -0.15) is 0 Å². The minimum absolute atomic E-state index is 0.0127. The maximum Gasteiger partial charge on any atom is 0.233 e. The highest BCUT2D eigenvalue weighted by molar-refractivity contribution is 8.02. The number of amides is 1. The average molecular weight is 388 g/mol. The fourth-order valence-electron chi connectivity index (χ4n) is 2.17. The number of hydrogen-bond donors (Lipinski definition) is 1. The van der Waals surface area contributed by atoms with Crippen molar-refractivity contribution in [3.8, 4) is 5.69 Å². The third kappa shape index (κ3) is 4.78. The van der Waals surface area contributed by atoms with E-state index in [-0.39, 0.29) is 11.2 Å². The molecule has 4 nitrogen and oxygen atoms in total. The van der Waals surface area contributed by atoms with Crippen LogP contribution in [-0.4, -0.2) is 20.9 Å². The Morgan fingerprint density at radius 2 is 1.84 bits per heavy atom. The van der Waals surface area contributed by atoms with E-state index in [9.17, 15) is 4.79 Å². The number of carbonyl (C=O) groups is 1. The SMILES string of the molecule is CC(Sc1nn(-c2ccccc2)c(=S)s1)C(=O)NCc1ccccc1. The number of benzene rings is 2. The topological polar surface area (TPSA) is 46.9 Å². The molecule has 0 aliphatic rings. The number of thioether (sulfide) groups is 1. The Bertz CT molecular complexity index is 891. The zero-order valence-electron chi connectivity index (χ0n) is 13.6. The van der Waals surface area contributed by atoms with Gasteiger partial charge in [-0.15, -0.1) is 5.10 Å². The molecule has 1 unspecified atom stereocenters. The summed E-state index contributed by atoms with van der Waals surface area (Å²) < 4.78 is 3.19. The van der Waals surface area contributed by atoms with Crippen LogP contribution in [0.4, 0.5) is 0 Å². The Balaban J connectivity index is 1.62. The van der Waals surface area contributed by atoms with Gasteiger partial charge in [0.05, 0.1) is 10.9 Å². The number of nitrogens with one attached hydrogen (secondary N) is 1. The second-order valence-corrected chi connectivity index (χ2v) is 8.56. The molecule has 0 spiro atoms. The molecule has 0 fully saturated rings. The van der Waals surface area contributed by atoms with Gasteiger partial charge in [0.1, 0.15) is 0 Å². The molecule has 3 aromatic rings. The Morgan fingerprint density at radius 3 is 2.52 bits per heavy atom. The van der Waals surface area contributed by atoms with Crippen molar-refractivity contribution >= 4 is 41.2 Å². The third-order valence-electron chi connectivity index (χ3n) is 3.49. The van der Waals surface area contributed by atoms with E-state index in [1.165, 1.54) is 23.1 Å². The second kappa shape index (κ2) is 8.42. The first kappa shape index (κ1) is 17.8. The summed E-state index contributed by atoms with van der Waals surface area (Å²) in [6, 6.07) is 19.6. The molecule has 25 heavy (non-hydrogen) atoms. The lowest BCUT2D eigenvalue weighted by atomic mass is 10.2. The van der Waals surface area contributed by atoms with E-state index in [1.807, 2.05) is 67.6 Å². The van der Waals surface area contributed by atoms with Crippen LogP contribution >= 0.6 is 35.3 Å². The van der Waals surface area contributed by atoms with Crippen LogP contribution in [0, 0.1) is 3.95 Å². The molecule has 1 heterocycles. The quantitative estimate of drug-likeness (QED) is 0.501. The summed E-state index contributed by atoms with van der Waals surface area (Å²) in [5.41, 5.74) is 2.01. The smallest absolute Gasteiger partial charge is 0.233 e. The number of nitrogens with zero attached hydrogens (tertiary/aromatic N) is 2. The van der Waals surface area contributed by atoms with Gasteiger partial charge in [0.15, 0.2) is 8.29 Å². The van der Waals surface area contributed by atoms with Crippen LogP contribution in [0.3, 0.4) is 0 Å². The second-order valence-electron chi connectivity index (χ2n) is 5.34. The summed E-state index contributed by atoms with van der Waals surface area (Å²) in [6.45, 7) is 2.40. The van der Waals surface area contributed by atoms with Gasteiger partial charge in [-0.05, 0) is 36.8 Å². The molecule has 1 N–H and O–H groups in total. The van der Waals surface area contributed by atoms with Crippen molar-refractivity contribution < 1.29 is 4.79 Å². The Morgan fingerprint density at radius 1 is 1.20 bits per heavy atom. The third-order valence-corrected chi connectivity index (χ3v) is 5.90. The average Bonchev–Trinajstić information content (AvgIpc) is 3.01. The Labute approximate surface area is 159 Å². The lowest BCUT2D eigenvalue weighted by molar-refractivity contribution is -0.120. The van der Waals surface area contributed by atoms with Crippen molar-refractivity contribution in [1.82, 2.24) is 15.1 Å². The Hall–Kier alpha value is -1.96. The Kier molecular flexibility index (Phi) is 6.01. The summed E-state index contributed by atoms with van der Waals surface area (Å²) in [5, 5.41) is 7.25. The van der Waals surface area contributed by atoms with Gasteiger partial charge < -0.3 is 5.32 Å². The fraction of sp³-hybridized carbons (Fsp3) is 0.167. The number of aromatic nitrogens is 2. The van der Waals surface area contributed by atoms with Crippen LogP contribution in [0.15, 0.2) is 65.0 Å². The lowest BCUT2D eigenvalue weighted by Gasteiger charge is -2.10. The van der Waals surface area contributed by atoms with Gasteiger partial charge >= 0.3 is 0 Å². The molecular weight excluding hydrogens is 370 g/mol. The number of hydrogen-bond acceptors (Lipinski definition) is 5. The van der Waals surface area contributed by atoms with Gasteiger partial charge in [0.2, 0.25) is 5.91 Å². The predicted molar refractivity (Wildman–Crippen MR) is 106 cm³/mol. The van der Waals surface area contributed by atoms with Crippen molar-refractivity contribution in [3.05, 3.63) is 70.2 Å². The first-order chi connectivity index (χ1) is 12.1. The summed E-state index contributed by atoms with van der Waals surface area (Å²) >= 11 is 8.24. The van der Waals surface area contributed by atoms with Gasteiger partial charge in [-0.3, -0.25) is 4.79 Å². The maximum absolute atomic E-state index is 12.3. The normalized spacial score (nSPS) is 11.9. The molecule has 1 aromatic heterocycles. The summed E-state index contributed by atoms with van der Waals surface area (Å²) in [7, 11) is 0. The van der Waals surface area contributed by atoms with Crippen molar-refractivity contribution in [2.24, 2.45) is 0 Å². The van der Waals surface area contributed by atoms with Crippen LogP contribution < -0.4 is 5.32 Å². The predicted octanol–water partition coefficient (Wildman–Crippen LogP) is 4.46. The van der Waals surface area contributed by atoms with Gasteiger partial charge in [0, 0.05) is 6.54 Å². The first-order valence-electron chi connectivity index (χ1n) is 7.77. The van der Waals surface area contributed by atoms with Crippen LogP contribution in [0.2, 0.25) is 0 Å². The van der Waals surface area contributed by atoms with Gasteiger partial charge in [-0.1, -0.05) is 71.6 Å². The highest BCUT2D eigenvalue weighted by atomic mass is 32.2. The minimum Gasteiger partial charge on any atom is -0.351 e. The van der Waals surface area contributed by atoms with E-state index in [0.717, 1.165) is 15.6 Å². The van der Waals surface area contributed by atoms with Gasteiger partial charge in [0.25, 0.3) is 0 Å². The number of rotatable bonds is 6. The van der Waals surface area contributed by atoms with Crippen LogP contribution in [0.5, 0.6) is 0 Å². The van der Waals surface area contributed by atoms with Crippen LogP contribution in [0.1, 0.15) is 12.5 Å². The first-order valence-corrected chi connectivity index (χ1v) is 9.88. The summed E-state index contributed by atoms with van der Waals surface area (Å²) in [4.78, 5) is 12.3. The highest BCUT2D eigenvalue weighted by Crippen LogP contribution is 2.27. The van der Waals surface area contributed by atoms with E-state index >= 15 is 0 Å². The summed E-state index contributed by atoms with van der Waals surface area (Å²) in [6.07, 6.45) is 0. The van der Waals surface area contributed by atoms with E-state index < -0.39 is 0 Å². The molecule has 2 aromatic carbocycles. The van der Waals surface area contributed by atoms with Crippen LogP contribution in [0.25, 0.3) is 5.69 Å². The molecule has 0 radical (unpaired) electrons. The van der Waals surface area contributed by atoms with E-state index in [2.05, 4.69) is 10.4 Å². The number of carbonyl (C=O) groups excluding carboxylic acids is 1. The van der Waals surface area contributed by atoms with E-state index in [1.54, 1.807) is 4.68 Å². The largest absolute Gasteiger partial charge is 0.351 e. The van der Waals surface area contributed by atoms with Crippen molar-refractivity contribution in [2.75, 3.05) is 0 Å². The van der Waals surface area contributed by atoms with Crippen LogP contribution in [-0.2, 0) is 11.3 Å². The van der Waals surface area contributed by atoms with Crippen molar-refractivity contribution in [1.29, 1.82) is 0 Å². The molecule has 1 amide bonds. The van der Waals surface area contributed by atoms with E-state index in [4.69, 9.17) is 12.2 Å². The molecule has 0 bridgehead atoms. The monoisotopic (exact) mass is 387 g/mol. The maximum atomic E-state index is 12.3. The van der Waals surface area contributed by atoms with Crippen molar-refractivity contribution in [2.45, 2.75) is 23.1 Å². The molecule has 3 rings (SSSR count). The van der Waals surface area contributed by atoms with E-state index in [0.29, 0.717) is 10.5 Å². The fourth-order valence-corrected chi connectivity index (χ4v) is 4.70. The lowest BCUT2D eigenvalue weighted by Crippen LogP contribution is -2.30. The standard InChI is InChI=1S/C18H17N3OS3/c1-13(16(22)19-12-14-8-4-2-5-9-14)24-17-20-21(18(23)25-17)15-10-6-3-7-11-15/h2-11,13H,12H2,1H3,(H,19,22). The molecule has 0 saturated heterocycles. The minimum atomic E-state index is -0.242. The molecular formula is C18H17N3OS3. The highest BCUT2D eigenvalue weighted by Gasteiger charge is 2.17.